The molecule has 25 heavy (non-hydrogen) atoms. The minimum atomic E-state index is -0.607. The number of anilines is 1. The van der Waals surface area contributed by atoms with Crippen LogP contribution in [0.25, 0.3) is 6.08 Å². The van der Waals surface area contributed by atoms with Gasteiger partial charge in [0, 0.05) is 21.5 Å². The highest BCUT2D eigenvalue weighted by Gasteiger charge is 2.09. The Kier molecular flexibility index (Phi) is 6.47. The summed E-state index contributed by atoms with van der Waals surface area (Å²) in [5, 5.41) is 2.55. The lowest BCUT2D eigenvalue weighted by molar-refractivity contribution is -0.142. The number of benzene rings is 1. The summed E-state index contributed by atoms with van der Waals surface area (Å²) < 4.78 is 9.49. The zero-order valence-corrected chi connectivity index (χ0v) is 14.6. The number of rotatable bonds is 6. The monoisotopic (exact) mass is 359 g/mol. The van der Waals surface area contributed by atoms with Crippen LogP contribution in [0.3, 0.4) is 0 Å². The summed E-state index contributed by atoms with van der Waals surface area (Å²) in [6.45, 7) is 1.55. The van der Waals surface area contributed by atoms with Gasteiger partial charge in [-0.3, -0.25) is 4.79 Å². The fourth-order valence-corrected chi connectivity index (χ4v) is 2.70. The van der Waals surface area contributed by atoms with Gasteiger partial charge in [-0.1, -0.05) is 6.07 Å². The molecule has 130 valence electrons. The topological polar surface area (TPSA) is 81.7 Å². The molecule has 1 aromatic carbocycles. The highest BCUT2D eigenvalue weighted by atomic mass is 32.1. The Labute approximate surface area is 149 Å². The Balaban J connectivity index is 1.83. The first-order valence-corrected chi connectivity index (χ1v) is 8.19. The molecular weight excluding hydrogens is 342 g/mol. The number of hydrogen-bond acceptors (Lipinski definition) is 6. The maximum absolute atomic E-state index is 11.8. The number of amides is 1. The molecule has 0 spiro atoms. The van der Waals surface area contributed by atoms with Gasteiger partial charge in [-0.25, -0.2) is 9.59 Å². The normalized spacial score (nSPS) is 10.5. The summed E-state index contributed by atoms with van der Waals surface area (Å²) in [7, 11) is 1.28. The Morgan fingerprint density at radius 1 is 1.20 bits per heavy atom. The lowest BCUT2D eigenvalue weighted by atomic mass is 10.2. The third-order valence-electron chi connectivity index (χ3n) is 3.06. The maximum atomic E-state index is 11.8. The Hall–Kier alpha value is -2.93. The number of methoxy groups -OCH3 is 1. The number of esters is 2. The first kappa shape index (κ1) is 18.4. The van der Waals surface area contributed by atoms with Gasteiger partial charge >= 0.3 is 11.9 Å². The van der Waals surface area contributed by atoms with Gasteiger partial charge in [0.15, 0.2) is 6.61 Å². The van der Waals surface area contributed by atoms with Crippen LogP contribution in [0.1, 0.15) is 20.1 Å². The Bertz CT molecular complexity index is 809. The Morgan fingerprint density at radius 3 is 2.68 bits per heavy atom. The molecule has 0 unspecified atom stereocenters. The van der Waals surface area contributed by atoms with Crippen LogP contribution in [0, 0.1) is 6.92 Å². The average molecular weight is 359 g/mol. The van der Waals surface area contributed by atoms with Crippen LogP contribution in [-0.4, -0.2) is 31.6 Å². The quantitative estimate of drug-likeness (QED) is 0.633. The van der Waals surface area contributed by atoms with E-state index in [9.17, 15) is 14.4 Å². The molecular formula is C18H17NO5S. The number of carbonyl (C=O) groups excluding carboxylic acids is 3. The predicted octanol–water partition coefficient (Wildman–Crippen LogP) is 3.04. The molecule has 0 atom stereocenters. The van der Waals surface area contributed by atoms with E-state index < -0.39 is 24.5 Å². The maximum Gasteiger partial charge on any atom is 0.337 e. The molecule has 1 heterocycles. The van der Waals surface area contributed by atoms with Crippen molar-refractivity contribution in [2.45, 2.75) is 6.92 Å². The van der Waals surface area contributed by atoms with Crippen molar-refractivity contribution in [1.82, 2.24) is 0 Å². The van der Waals surface area contributed by atoms with Crippen molar-refractivity contribution in [2.24, 2.45) is 0 Å². The molecule has 1 amide bonds. The van der Waals surface area contributed by atoms with Crippen molar-refractivity contribution in [3.63, 3.8) is 0 Å². The fraction of sp³-hybridized carbons (Fsp3) is 0.167. The van der Waals surface area contributed by atoms with Crippen molar-refractivity contribution < 1.29 is 23.9 Å². The van der Waals surface area contributed by atoms with Crippen molar-refractivity contribution in [3.8, 4) is 0 Å². The molecule has 2 aromatic rings. The largest absolute Gasteiger partial charge is 0.465 e. The van der Waals surface area contributed by atoms with Gasteiger partial charge in [-0.05, 0) is 43.3 Å². The molecule has 0 saturated heterocycles. The van der Waals surface area contributed by atoms with Crippen LogP contribution in [0.5, 0.6) is 0 Å². The van der Waals surface area contributed by atoms with Crippen LogP contribution < -0.4 is 5.32 Å². The fourth-order valence-electron chi connectivity index (χ4n) is 1.92. The lowest BCUT2D eigenvalue weighted by Gasteiger charge is -2.06. The standard InChI is InChI=1S/C18H17NO5S/c1-12-6-7-15(25-12)8-9-17(21)24-11-16(20)19-14-5-3-4-13(10-14)18(22)23-2/h3-10H,11H2,1-2H3,(H,19,20)/b9-8+. The molecule has 6 nitrogen and oxygen atoms in total. The number of aryl methyl sites for hydroxylation is 1. The molecule has 1 aromatic heterocycles. The second-order valence-corrected chi connectivity index (χ2v) is 6.33. The van der Waals surface area contributed by atoms with Gasteiger partial charge in [0.25, 0.3) is 5.91 Å². The van der Waals surface area contributed by atoms with E-state index in [2.05, 4.69) is 10.1 Å². The van der Waals surface area contributed by atoms with Crippen molar-refractivity contribution >= 4 is 40.9 Å². The minimum absolute atomic E-state index is 0.312. The molecule has 0 radical (unpaired) electrons. The molecule has 0 fully saturated rings. The lowest BCUT2D eigenvalue weighted by Crippen LogP contribution is -2.20. The van der Waals surface area contributed by atoms with E-state index >= 15 is 0 Å². The average Bonchev–Trinajstić information content (AvgIpc) is 3.03. The molecule has 0 aliphatic carbocycles. The van der Waals surface area contributed by atoms with Gasteiger partial charge in [0.1, 0.15) is 0 Å². The second kappa shape index (κ2) is 8.79. The highest BCUT2D eigenvalue weighted by molar-refractivity contribution is 7.12. The van der Waals surface area contributed by atoms with E-state index in [1.807, 2.05) is 19.1 Å². The molecule has 2 rings (SSSR count). The molecule has 0 aliphatic rings. The van der Waals surface area contributed by atoms with Crippen molar-refractivity contribution in [3.05, 3.63) is 57.8 Å². The Morgan fingerprint density at radius 2 is 2.00 bits per heavy atom. The number of thiophene rings is 1. The SMILES string of the molecule is COC(=O)c1cccc(NC(=O)COC(=O)/C=C/c2ccc(C)s2)c1. The molecule has 0 aliphatic heterocycles. The van der Waals surface area contributed by atoms with E-state index in [0.29, 0.717) is 11.3 Å². The van der Waals surface area contributed by atoms with Gasteiger partial charge < -0.3 is 14.8 Å². The van der Waals surface area contributed by atoms with Crippen LogP contribution >= 0.6 is 11.3 Å². The molecule has 0 bridgehead atoms. The second-order valence-electron chi connectivity index (χ2n) is 5.01. The summed E-state index contributed by atoms with van der Waals surface area (Å²) in [5.41, 5.74) is 0.722. The van der Waals surface area contributed by atoms with Crippen LogP contribution in [0.4, 0.5) is 5.69 Å². The van der Waals surface area contributed by atoms with E-state index in [1.165, 1.54) is 19.3 Å². The molecule has 0 saturated carbocycles. The van der Waals surface area contributed by atoms with Crippen molar-refractivity contribution in [1.29, 1.82) is 0 Å². The third kappa shape index (κ3) is 5.89. The van der Waals surface area contributed by atoms with E-state index in [-0.39, 0.29) is 0 Å². The number of hydrogen-bond donors (Lipinski definition) is 1. The molecule has 1 N–H and O–H groups in total. The van der Waals surface area contributed by atoms with E-state index in [4.69, 9.17) is 4.74 Å². The van der Waals surface area contributed by atoms with Crippen LogP contribution in [0.2, 0.25) is 0 Å². The zero-order chi connectivity index (χ0) is 18.2. The summed E-state index contributed by atoms with van der Waals surface area (Å²) in [6.07, 6.45) is 2.91. The van der Waals surface area contributed by atoms with E-state index in [1.54, 1.807) is 35.6 Å². The number of ether oxygens (including phenoxy) is 2. The van der Waals surface area contributed by atoms with Crippen LogP contribution in [0.15, 0.2) is 42.5 Å². The summed E-state index contributed by atoms with van der Waals surface area (Å²) in [6, 6.07) is 10.1. The first-order chi connectivity index (χ1) is 12.0. The zero-order valence-electron chi connectivity index (χ0n) is 13.8. The molecule has 7 heteroatoms. The van der Waals surface area contributed by atoms with E-state index in [0.717, 1.165) is 9.75 Å². The summed E-state index contributed by atoms with van der Waals surface area (Å²) in [4.78, 5) is 37.0. The van der Waals surface area contributed by atoms with Gasteiger partial charge in [-0.2, -0.15) is 0 Å². The summed E-state index contributed by atoms with van der Waals surface area (Å²) in [5.74, 6) is -1.61. The highest BCUT2D eigenvalue weighted by Crippen LogP contribution is 2.16. The van der Waals surface area contributed by atoms with Crippen LogP contribution in [-0.2, 0) is 19.1 Å². The minimum Gasteiger partial charge on any atom is -0.465 e. The smallest absolute Gasteiger partial charge is 0.337 e. The number of nitrogens with one attached hydrogen (secondary N) is 1. The third-order valence-corrected chi connectivity index (χ3v) is 4.02. The predicted molar refractivity (Wildman–Crippen MR) is 95.5 cm³/mol. The van der Waals surface area contributed by atoms with Crippen molar-refractivity contribution in [2.75, 3.05) is 19.0 Å². The van der Waals surface area contributed by atoms with Gasteiger partial charge in [-0.15, -0.1) is 11.3 Å². The number of carbonyl (C=O) groups is 3. The first-order valence-electron chi connectivity index (χ1n) is 7.37. The summed E-state index contributed by atoms with van der Waals surface area (Å²) >= 11 is 1.55. The van der Waals surface area contributed by atoms with Gasteiger partial charge in [0.05, 0.1) is 12.7 Å². The van der Waals surface area contributed by atoms with Gasteiger partial charge in [0.2, 0.25) is 0 Å².